The predicted octanol–water partition coefficient (Wildman–Crippen LogP) is 2.99. The number of nitrogens with zero attached hydrogens (tertiary/aromatic N) is 1. The highest BCUT2D eigenvalue weighted by molar-refractivity contribution is 7.07. The second-order valence-corrected chi connectivity index (χ2v) is 6.22. The van der Waals surface area contributed by atoms with Crippen LogP contribution in [0.15, 0.2) is 16.8 Å². The van der Waals surface area contributed by atoms with Crippen LogP contribution < -0.4 is 0 Å². The van der Waals surface area contributed by atoms with Crippen LogP contribution in [0, 0.1) is 11.8 Å². The lowest BCUT2D eigenvalue weighted by Gasteiger charge is -2.25. The summed E-state index contributed by atoms with van der Waals surface area (Å²) in [6.45, 7) is 3.44. The summed E-state index contributed by atoms with van der Waals surface area (Å²) >= 11 is 1.63. The summed E-state index contributed by atoms with van der Waals surface area (Å²) in [5.41, 5.74) is 1.16. The summed E-state index contributed by atoms with van der Waals surface area (Å²) in [7, 11) is 0. The predicted molar refractivity (Wildman–Crippen MR) is 78.5 cm³/mol. The summed E-state index contributed by atoms with van der Waals surface area (Å²) < 4.78 is 0. The first-order valence-corrected chi connectivity index (χ1v) is 8.08. The summed E-state index contributed by atoms with van der Waals surface area (Å²) in [6, 6.07) is 2.04. The minimum absolute atomic E-state index is 0.110. The molecule has 1 aromatic heterocycles. The van der Waals surface area contributed by atoms with Gasteiger partial charge in [-0.3, -0.25) is 9.59 Å². The second kappa shape index (κ2) is 6.88. The van der Waals surface area contributed by atoms with Crippen molar-refractivity contribution in [2.45, 2.75) is 39.2 Å². The number of carboxylic acids is 1. The molecular weight excluding hydrogens is 274 g/mol. The van der Waals surface area contributed by atoms with E-state index in [0.717, 1.165) is 18.5 Å². The molecule has 1 aromatic rings. The summed E-state index contributed by atoms with van der Waals surface area (Å²) in [4.78, 5) is 25.5. The minimum Gasteiger partial charge on any atom is -0.481 e. The third kappa shape index (κ3) is 3.60. The molecule has 1 aliphatic carbocycles. The Morgan fingerprint density at radius 1 is 1.40 bits per heavy atom. The molecule has 0 saturated heterocycles. The van der Waals surface area contributed by atoms with Crippen LogP contribution in [0.1, 0.15) is 38.2 Å². The number of carboxylic acid groups (broad SMARTS) is 1. The molecule has 110 valence electrons. The molecule has 0 unspecified atom stereocenters. The quantitative estimate of drug-likeness (QED) is 0.877. The highest BCUT2D eigenvalue weighted by Gasteiger charge is 2.35. The van der Waals surface area contributed by atoms with Gasteiger partial charge in [0.05, 0.1) is 5.92 Å². The fraction of sp³-hybridized carbons (Fsp3) is 0.600. The van der Waals surface area contributed by atoms with Crippen molar-refractivity contribution in [2.24, 2.45) is 11.8 Å². The molecule has 0 bridgehead atoms. The number of amides is 1. The molecule has 0 radical (unpaired) electrons. The van der Waals surface area contributed by atoms with Crippen LogP contribution in [0.2, 0.25) is 0 Å². The van der Waals surface area contributed by atoms with E-state index >= 15 is 0 Å². The number of carbonyl (C=O) groups is 2. The zero-order valence-corrected chi connectivity index (χ0v) is 12.6. The van der Waals surface area contributed by atoms with Crippen molar-refractivity contribution in [1.82, 2.24) is 4.90 Å². The Balaban J connectivity index is 1.98. The first kappa shape index (κ1) is 15.0. The molecule has 2 rings (SSSR count). The van der Waals surface area contributed by atoms with Crippen molar-refractivity contribution < 1.29 is 14.7 Å². The average Bonchev–Trinajstić information content (AvgIpc) is 3.08. The normalized spacial score (nSPS) is 21.9. The number of aliphatic carboxylic acids is 1. The van der Waals surface area contributed by atoms with Gasteiger partial charge in [-0.15, -0.1) is 0 Å². The van der Waals surface area contributed by atoms with Gasteiger partial charge < -0.3 is 10.0 Å². The number of hydrogen-bond acceptors (Lipinski definition) is 3. The van der Waals surface area contributed by atoms with Gasteiger partial charge in [0, 0.05) is 19.0 Å². The van der Waals surface area contributed by atoms with Gasteiger partial charge in [-0.2, -0.15) is 11.3 Å². The Hall–Kier alpha value is -1.36. The van der Waals surface area contributed by atoms with E-state index in [0.29, 0.717) is 25.8 Å². The van der Waals surface area contributed by atoms with E-state index in [2.05, 4.69) is 12.3 Å². The van der Waals surface area contributed by atoms with E-state index in [1.54, 1.807) is 11.3 Å². The van der Waals surface area contributed by atoms with Crippen LogP contribution in [0.4, 0.5) is 0 Å². The molecule has 2 atom stereocenters. The molecule has 5 heteroatoms. The van der Waals surface area contributed by atoms with Gasteiger partial charge in [-0.1, -0.05) is 6.92 Å². The third-order valence-corrected chi connectivity index (χ3v) is 4.62. The molecule has 0 spiro atoms. The van der Waals surface area contributed by atoms with Gasteiger partial charge in [0.25, 0.3) is 0 Å². The molecular formula is C15H21NO3S. The Kier molecular flexibility index (Phi) is 5.17. The molecule has 1 aliphatic rings. The fourth-order valence-electron chi connectivity index (χ4n) is 2.83. The zero-order valence-electron chi connectivity index (χ0n) is 11.7. The molecule has 1 heterocycles. The van der Waals surface area contributed by atoms with Crippen molar-refractivity contribution >= 4 is 23.2 Å². The van der Waals surface area contributed by atoms with E-state index in [4.69, 9.17) is 5.11 Å². The number of carbonyl (C=O) groups excluding carboxylic acids is 1. The number of hydrogen-bond donors (Lipinski definition) is 1. The SMILES string of the molecule is CCCN(Cc1ccsc1)C(=O)[C@H]1CC[C@@H](C(=O)O)C1. The molecule has 1 amide bonds. The van der Waals surface area contributed by atoms with E-state index < -0.39 is 5.97 Å². The fourth-order valence-corrected chi connectivity index (χ4v) is 3.49. The van der Waals surface area contributed by atoms with Crippen molar-refractivity contribution in [3.8, 4) is 0 Å². The lowest BCUT2D eigenvalue weighted by Crippen LogP contribution is -2.35. The maximum atomic E-state index is 12.6. The smallest absolute Gasteiger partial charge is 0.306 e. The molecule has 20 heavy (non-hydrogen) atoms. The van der Waals surface area contributed by atoms with E-state index in [-0.39, 0.29) is 17.7 Å². The van der Waals surface area contributed by atoms with E-state index in [1.165, 1.54) is 0 Å². The van der Waals surface area contributed by atoms with E-state index in [1.807, 2.05) is 16.3 Å². The van der Waals surface area contributed by atoms with Gasteiger partial charge >= 0.3 is 5.97 Å². The monoisotopic (exact) mass is 295 g/mol. The topological polar surface area (TPSA) is 57.6 Å². The highest BCUT2D eigenvalue weighted by atomic mass is 32.1. The largest absolute Gasteiger partial charge is 0.481 e. The molecule has 1 fully saturated rings. The summed E-state index contributed by atoms with van der Waals surface area (Å²) in [5, 5.41) is 13.1. The minimum atomic E-state index is -0.764. The molecule has 0 aromatic carbocycles. The van der Waals surface area contributed by atoms with Gasteiger partial charge in [0.2, 0.25) is 5.91 Å². The van der Waals surface area contributed by atoms with Crippen LogP contribution in [0.3, 0.4) is 0 Å². The van der Waals surface area contributed by atoms with Crippen molar-refractivity contribution in [1.29, 1.82) is 0 Å². The average molecular weight is 295 g/mol. The maximum Gasteiger partial charge on any atom is 0.306 e. The molecule has 0 aliphatic heterocycles. The second-order valence-electron chi connectivity index (χ2n) is 5.44. The highest BCUT2D eigenvalue weighted by Crippen LogP contribution is 2.32. The first-order chi connectivity index (χ1) is 9.61. The number of rotatable bonds is 6. The molecule has 1 saturated carbocycles. The van der Waals surface area contributed by atoms with Crippen LogP contribution >= 0.6 is 11.3 Å². The maximum absolute atomic E-state index is 12.6. The molecule has 4 nitrogen and oxygen atoms in total. The zero-order chi connectivity index (χ0) is 14.5. The van der Waals surface area contributed by atoms with Gasteiger partial charge in [-0.05, 0) is 48.1 Å². The van der Waals surface area contributed by atoms with Crippen LogP contribution in [-0.2, 0) is 16.1 Å². The van der Waals surface area contributed by atoms with Crippen molar-refractivity contribution in [3.63, 3.8) is 0 Å². The van der Waals surface area contributed by atoms with Gasteiger partial charge in [0.15, 0.2) is 0 Å². The molecule has 1 N–H and O–H groups in total. The first-order valence-electron chi connectivity index (χ1n) is 7.14. The lowest BCUT2D eigenvalue weighted by molar-refractivity contribution is -0.141. The van der Waals surface area contributed by atoms with E-state index in [9.17, 15) is 9.59 Å². The van der Waals surface area contributed by atoms with Crippen molar-refractivity contribution in [3.05, 3.63) is 22.4 Å². The lowest BCUT2D eigenvalue weighted by atomic mass is 10.0. The Labute approximate surface area is 123 Å². The van der Waals surface area contributed by atoms with Gasteiger partial charge in [0.1, 0.15) is 0 Å². The van der Waals surface area contributed by atoms with Crippen molar-refractivity contribution in [2.75, 3.05) is 6.54 Å². The van der Waals surface area contributed by atoms with Crippen LogP contribution in [0.5, 0.6) is 0 Å². The van der Waals surface area contributed by atoms with Gasteiger partial charge in [-0.25, -0.2) is 0 Å². The standard InChI is InChI=1S/C15H21NO3S/c1-2-6-16(9-11-5-7-20-10-11)14(17)12-3-4-13(8-12)15(18)19/h5,7,10,12-13H,2-4,6,8-9H2,1H3,(H,18,19)/t12-,13+/m0/s1. The summed E-state index contributed by atoms with van der Waals surface area (Å²) in [6.07, 6.45) is 2.76. The number of thiophene rings is 1. The third-order valence-electron chi connectivity index (χ3n) is 3.89. The Bertz CT molecular complexity index is 458. The summed E-state index contributed by atoms with van der Waals surface area (Å²) in [5.74, 6) is -1.09. The van der Waals surface area contributed by atoms with Crippen LogP contribution in [-0.4, -0.2) is 28.4 Å². The Morgan fingerprint density at radius 2 is 2.15 bits per heavy atom. The Morgan fingerprint density at radius 3 is 2.70 bits per heavy atom. The van der Waals surface area contributed by atoms with Crippen LogP contribution in [0.25, 0.3) is 0 Å².